The molecule has 6 nitrogen and oxygen atoms in total. The van der Waals surface area contributed by atoms with Crippen molar-refractivity contribution in [3.8, 4) is 0 Å². The number of aromatic nitrogens is 2. The average molecular weight is 294 g/mol. The first-order valence-electron chi connectivity index (χ1n) is 7.57. The Balaban J connectivity index is 1.94. The number of nitrogens with one attached hydrogen (secondary N) is 1. The van der Waals surface area contributed by atoms with Crippen molar-refractivity contribution in [2.24, 2.45) is 5.92 Å². The minimum absolute atomic E-state index is 0.00225. The molecule has 6 heteroatoms. The minimum atomic E-state index is 0.00225. The van der Waals surface area contributed by atoms with Gasteiger partial charge < -0.3 is 15.0 Å². The predicted molar refractivity (Wildman–Crippen MR) is 81.1 cm³/mol. The van der Waals surface area contributed by atoms with E-state index in [2.05, 4.69) is 16.5 Å². The molecule has 0 radical (unpaired) electrons. The van der Waals surface area contributed by atoms with Crippen LogP contribution in [0, 0.1) is 19.8 Å². The van der Waals surface area contributed by atoms with Crippen LogP contribution in [0.15, 0.2) is 6.07 Å². The molecule has 1 fully saturated rings. The number of carbonyl (C=O) groups excluding carboxylic acids is 1. The highest BCUT2D eigenvalue weighted by molar-refractivity contribution is 5.78. The first kappa shape index (κ1) is 16.0. The highest BCUT2D eigenvalue weighted by Crippen LogP contribution is 2.12. The fourth-order valence-corrected chi connectivity index (χ4v) is 2.79. The van der Waals surface area contributed by atoms with Crippen molar-refractivity contribution in [1.29, 1.82) is 0 Å². The fourth-order valence-electron chi connectivity index (χ4n) is 2.79. The van der Waals surface area contributed by atoms with Gasteiger partial charge >= 0.3 is 0 Å². The van der Waals surface area contributed by atoms with Gasteiger partial charge in [-0.2, -0.15) is 5.10 Å². The normalized spacial score (nSPS) is 20.6. The van der Waals surface area contributed by atoms with Crippen LogP contribution in [0.4, 0.5) is 0 Å². The molecule has 21 heavy (non-hydrogen) atoms. The molecule has 1 aromatic heterocycles. The van der Waals surface area contributed by atoms with Crippen molar-refractivity contribution in [3.05, 3.63) is 17.5 Å². The van der Waals surface area contributed by atoms with Gasteiger partial charge in [0.2, 0.25) is 5.91 Å². The molecule has 2 rings (SSSR count). The van der Waals surface area contributed by atoms with Crippen LogP contribution in [0.5, 0.6) is 0 Å². The van der Waals surface area contributed by atoms with Crippen molar-refractivity contribution in [1.82, 2.24) is 20.0 Å². The van der Waals surface area contributed by atoms with Crippen molar-refractivity contribution in [2.75, 3.05) is 33.3 Å². The summed E-state index contributed by atoms with van der Waals surface area (Å²) < 4.78 is 7.76. The van der Waals surface area contributed by atoms with Gasteiger partial charge in [0.25, 0.3) is 0 Å². The molecule has 2 atom stereocenters. The average Bonchev–Trinajstić information content (AvgIpc) is 2.76. The third-order valence-corrected chi connectivity index (χ3v) is 3.86. The Kier molecular flexibility index (Phi) is 5.36. The Hall–Kier alpha value is -1.40. The van der Waals surface area contributed by atoms with Crippen molar-refractivity contribution in [2.45, 2.75) is 33.4 Å². The molecule has 1 saturated heterocycles. The molecule has 2 unspecified atom stereocenters. The lowest BCUT2D eigenvalue weighted by Gasteiger charge is -2.34. The molecule has 1 aliphatic heterocycles. The summed E-state index contributed by atoms with van der Waals surface area (Å²) in [6.45, 7) is 9.32. The van der Waals surface area contributed by atoms with E-state index in [4.69, 9.17) is 4.74 Å². The Morgan fingerprint density at radius 3 is 2.95 bits per heavy atom. The van der Waals surface area contributed by atoms with Gasteiger partial charge in [-0.1, -0.05) is 6.92 Å². The van der Waals surface area contributed by atoms with Gasteiger partial charge in [-0.3, -0.25) is 9.48 Å². The Morgan fingerprint density at radius 2 is 2.33 bits per heavy atom. The molecule has 0 aliphatic carbocycles. The molecule has 0 spiro atoms. The SMILES string of the molecule is CNCC(C)C(=O)N1CCOC(Cn2nc(C)cc2C)C1. The van der Waals surface area contributed by atoms with E-state index in [-0.39, 0.29) is 17.9 Å². The topological polar surface area (TPSA) is 59.4 Å². The third kappa shape index (κ3) is 4.04. The molecular weight excluding hydrogens is 268 g/mol. The summed E-state index contributed by atoms with van der Waals surface area (Å²) in [4.78, 5) is 14.3. The molecule has 1 aliphatic rings. The van der Waals surface area contributed by atoms with Crippen LogP contribution in [0.25, 0.3) is 0 Å². The Labute approximate surface area is 126 Å². The lowest BCUT2D eigenvalue weighted by atomic mass is 10.1. The number of morpholine rings is 1. The number of rotatable bonds is 5. The zero-order chi connectivity index (χ0) is 15.4. The highest BCUT2D eigenvalue weighted by atomic mass is 16.5. The number of amides is 1. The van der Waals surface area contributed by atoms with E-state index in [0.717, 1.165) is 11.4 Å². The van der Waals surface area contributed by atoms with E-state index < -0.39 is 0 Å². The van der Waals surface area contributed by atoms with Gasteiger partial charge in [0.1, 0.15) is 0 Å². The van der Waals surface area contributed by atoms with Crippen LogP contribution in [0.2, 0.25) is 0 Å². The molecule has 118 valence electrons. The van der Waals surface area contributed by atoms with Gasteiger partial charge in [-0.25, -0.2) is 0 Å². The van der Waals surface area contributed by atoms with E-state index in [0.29, 0.717) is 32.8 Å². The largest absolute Gasteiger partial charge is 0.373 e. The van der Waals surface area contributed by atoms with Gasteiger partial charge in [-0.05, 0) is 27.0 Å². The first-order valence-corrected chi connectivity index (χ1v) is 7.57. The number of carbonyl (C=O) groups is 1. The van der Waals surface area contributed by atoms with E-state index in [1.807, 2.05) is 37.4 Å². The standard InChI is InChI=1S/C15H26N4O2/c1-11(8-16-4)15(20)18-5-6-21-14(9-18)10-19-13(3)7-12(2)17-19/h7,11,14,16H,5-6,8-10H2,1-4H3. The minimum Gasteiger partial charge on any atom is -0.373 e. The summed E-state index contributed by atoms with van der Waals surface area (Å²) in [5.41, 5.74) is 2.14. The molecule has 0 saturated carbocycles. The molecule has 0 aromatic carbocycles. The summed E-state index contributed by atoms with van der Waals surface area (Å²) in [5, 5.41) is 7.52. The zero-order valence-corrected chi connectivity index (χ0v) is 13.4. The van der Waals surface area contributed by atoms with E-state index in [9.17, 15) is 4.79 Å². The molecule has 1 aromatic rings. The monoisotopic (exact) mass is 294 g/mol. The smallest absolute Gasteiger partial charge is 0.226 e. The van der Waals surface area contributed by atoms with Gasteiger partial charge in [0.15, 0.2) is 0 Å². The van der Waals surface area contributed by atoms with E-state index in [1.165, 1.54) is 0 Å². The molecular formula is C15H26N4O2. The van der Waals surface area contributed by atoms with E-state index in [1.54, 1.807) is 0 Å². The van der Waals surface area contributed by atoms with Crippen molar-refractivity contribution >= 4 is 5.91 Å². The second-order valence-corrected chi connectivity index (χ2v) is 5.84. The second kappa shape index (κ2) is 7.04. The fraction of sp³-hybridized carbons (Fsp3) is 0.733. The lowest BCUT2D eigenvalue weighted by Crippen LogP contribution is -2.49. The summed E-state index contributed by atoms with van der Waals surface area (Å²) in [6, 6.07) is 2.06. The number of ether oxygens (including phenoxy) is 1. The van der Waals surface area contributed by atoms with E-state index >= 15 is 0 Å². The van der Waals surface area contributed by atoms with Gasteiger partial charge in [-0.15, -0.1) is 0 Å². The third-order valence-electron chi connectivity index (χ3n) is 3.86. The maximum atomic E-state index is 12.4. The number of nitrogens with zero attached hydrogens (tertiary/aromatic N) is 3. The van der Waals surface area contributed by atoms with Crippen molar-refractivity contribution in [3.63, 3.8) is 0 Å². The maximum absolute atomic E-state index is 12.4. The Morgan fingerprint density at radius 1 is 1.57 bits per heavy atom. The lowest BCUT2D eigenvalue weighted by molar-refractivity contribution is -0.143. The van der Waals surface area contributed by atoms with Crippen molar-refractivity contribution < 1.29 is 9.53 Å². The number of aryl methyl sites for hydroxylation is 2. The summed E-state index contributed by atoms with van der Waals surface area (Å²) in [7, 11) is 1.87. The highest BCUT2D eigenvalue weighted by Gasteiger charge is 2.27. The molecule has 0 bridgehead atoms. The predicted octanol–water partition coefficient (Wildman–Crippen LogP) is 0.583. The van der Waals surface area contributed by atoms with Crippen LogP contribution in [-0.4, -0.2) is 60.0 Å². The van der Waals surface area contributed by atoms with Crippen LogP contribution in [0.1, 0.15) is 18.3 Å². The molecule has 2 heterocycles. The van der Waals surface area contributed by atoms with Gasteiger partial charge in [0.05, 0.1) is 24.9 Å². The van der Waals surface area contributed by atoms with Gasteiger partial charge in [0, 0.05) is 31.2 Å². The second-order valence-electron chi connectivity index (χ2n) is 5.84. The number of hydrogen-bond acceptors (Lipinski definition) is 4. The summed E-state index contributed by atoms with van der Waals surface area (Å²) in [5.74, 6) is 0.202. The van der Waals surface area contributed by atoms with Crippen LogP contribution in [0.3, 0.4) is 0 Å². The zero-order valence-electron chi connectivity index (χ0n) is 13.4. The van der Waals surface area contributed by atoms with Crippen LogP contribution in [-0.2, 0) is 16.1 Å². The number of hydrogen-bond donors (Lipinski definition) is 1. The maximum Gasteiger partial charge on any atom is 0.226 e. The molecule has 1 amide bonds. The summed E-state index contributed by atoms with van der Waals surface area (Å²) in [6.07, 6.45) is 0.0162. The van der Waals surface area contributed by atoms with Crippen LogP contribution < -0.4 is 5.32 Å². The summed E-state index contributed by atoms with van der Waals surface area (Å²) >= 11 is 0. The first-order chi connectivity index (χ1) is 10.0. The Bertz CT molecular complexity index is 486. The van der Waals surface area contributed by atoms with Crippen LogP contribution >= 0.6 is 0 Å². The molecule has 1 N–H and O–H groups in total. The quantitative estimate of drug-likeness (QED) is 0.863.